The van der Waals surface area contributed by atoms with Crippen LogP contribution in [0, 0.1) is 0 Å². The Labute approximate surface area is 140 Å². The average Bonchev–Trinajstić information content (AvgIpc) is 2.40. The summed E-state index contributed by atoms with van der Waals surface area (Å²) in [6.07, 6.45) is 0. The Morgan fingerprint density at radius 1 is 1.15 bits per heavy atom. The molecule has 106 valence electrons. The van der Waals surface area contributed by atoms with Crippen molar-refractivity contribution in [2.24, 2.45) is 0 Å². The van der Waals surface area contributed by atoms with Gasteiger partial charge in [0, 0.05) is 23.2 Å². The standard InChI is InChI=1S/C13H10BrCl3N2O/c1-18-6-11-8(15)2-3-13(19-11)20-12-5-9(16)7(14)4-10(12)17/h2-5,18H,6H2,1H3. The van der Waals surface area contributed by atoms with Crippen LogP contribution in [0.15, 0.2) is 28.7 Å². The number of nitrogens with one attached hydrogen (secondary N) is 1. The van der Waals surface area contributed by atoms with Crippen LogP contribution in [0.2, 0.25) is 15.1 Å². The molecule has 0 unspecified atom stereocenters. The molecule has 0 radical (unpaired) electrons. The number of aromatic nitrogens is 1. The lowest BCUT2D eigenvalue weighted by Crippen LogP contribution is -2.07. The molecule has 1 N–H and O–H groups in total. The SMILES string of the molecule is CNCc1nc(Oc2cc(Cl)c(Br)cc2Cl)ccc1Cl. The van der Waals surface area contributed by atoms with E-state index in [1.807, 2.05) is 7.05 Å². The molecule has 1 heterocycles. The van der Waals surface area contributed by atoms with Crippen molar-refractivity contribution in [2.45, 2.75) is 6.54 Å². The molecule has 0 saturated heterocycles. The largest absolute Gasteiger partial charge is 0.437 e. The van der Waals surface area contributed by atoms with E-state index in [0.717, 1.165) is 0 Å². The molecular formula is C13H10BrCl3N2O. The fourth-order valence-corrected chi connectivity index (χ4v) is 2.51. The summed E-state index contributed by atoms with van der Waals surface area (Å²) in [6.45, 7) is 0.546. The van der Waals surface area contributed by atoms with E-state index in [-0.39, 0.29) is 0 Å². The number of rotatable bonds is 4. The summed E-state index contributed by atoms with van der Waals surface area (Å²) in [5, 5.41) is 4.51. The summed E-state index contributed by atoms with van der Waals surface area (Å²) < 4.78 is 6.36. The molecule has 0 saturated carbocycles. The minimum absolute atomic E-state index is 0.403. The fraction of sp³-hybridized carbons (Fsp3) is 0.154. The van der Waals surface area contributed by atoms with E-state index in [9.17, 15) is 0 Å². The first-order valence-electron chi connectivity index (χ1n) is 5.63. The van der Waals surface area contributed by atoms with Gasteiger partial charge in [0.2, 0.25) is 5.88 Å². The van der Waals surface area contributed by atoms with Gasteiger partial charge in [-0.05, 0) is 35.1 Å². The molecule has 0 aliphatic heterocycles. The summed E-state index contributed by atoms with van der Waals surface area (Å²) in [5.74, 6) is 0.838. The predicted octanol–water partition coefficient (Wildman–Crippen LogP) is 5.32. The third-order valence-electron chi connectivity index (χ3n) is 2.43. The van der Waals surface area contributed by atoms with E-state index in [0.29, 0.717) is 43.4 Å². The van der Waals surface area contributed by atoms with E-state index >= 15 is 0 Å². The van der Waals surface area contributed by atoms with Crippen LogP contribution < -0.4 is 10.1 Å². The second-order valence-corrected chi connectivity index (χ2v) is 5.98. The first kappa shape index (κ1) is 15.9. The molecule has 1 aromatic carbocycles. The number of pyridine rings is 1. The van der Waals surface area contributed by atoms with Crippen molar-refractivity contribution in [1.82, 2.24) is 10.3 Å². The summed E-state index contributed by atoms with van der Waals surface area (Å²) in [6, 6.07) is 6.70. The van der Waals surface area contributed by atoms with Crippen LogP contribution in [0.3, 0.4) is 0 Å². The molecule has 0 bridgehead atoms. The number of halogens is 4. The smallest absolute Gasteiger partial charge is 0.219 e. The zero-order chi connectivity index (χ0) is 14.7. The van der Waals surface area contributed by atoms with Gasteiger partial charge in [-0.3, -0.25) is 0 Å². The Bertz CT molecular complexity index is 637. The molecule has 3 nitrogen and oxygen atoms in total. The molecule has 2 aromatic rings. The van der Waals surface area contributed by atoms with Crippen molar-refractivity contribution in [3.05, 3.63) is 49.5 Å². The minimum atomic E-state index is 0.403. The Balaban J connectivity index is 2.30. The molecular weight excluding hydrogens is 386 g/mol. The zero-order valence-corrected chi connectivity index (χ0v) is 14.2. The molecule has 0 fully saturated rings. The van der Waals surface area contributed by atoms with Crippen LogP contribution in [0.25, 0.3) is 0 Å². The lowest BCUT2D eigenvalue weighted by molar-refractivity contribution is 0.460. The van der Waals surface area contributed by atoms with Gasteiger partial charge in [0.05, 0.1) is 20.8 Å². The Kier molecular flexibility index (Phi) is 5.52. The topological polar surface area (TPSA) is 34.2 Å². The molecule has 20 heavy (non-hydrogen) atoms. The molecule has 0 atom stereocenters. The van der Waals surface area contributed by atoms with Gasteiger partial charge in [0.25, 0.3) is 0 Å². The third kappa shape index (κ3) is 3.77. The molecule has 2 rings (SSSR count). The first-order valence-corrected chi connectivity index (χ1v) is 7.56. The van der Waals surface area contributed by atoms with Crippen LogP contribution >= 0.6 is 50.7 Å². The molecule has 0 aliphatic rings. The van der Waals surface area contributed by atoms with Crippen molar-refractivity contribution in [3.63, 3.8) is 0 Å². The quantitative estimate of drug-likeness (QED) is 0.711. The highest BCUT2D eigenvalue weighted by molar-refractivity contribution is 9.10. The van der Waals surface area contributed by atoms with Crippen LogP contribution in [0.1, 0.15) is 5.69 Å². The number of nitrogens with zero attached hydrogens (tertiary/aromatic N) is 1. The van der Waals surface area contributed by atoms with Gasteiger partial charge in [-0.15, -0.1) is 0 Å². The number of hydrogen-bond donors (Lipinski definition) is 1. The number of ether oxygens (including phenoxy) is 1. The van der Waals surface area contributed by atoms with E-state index in [1.165, 1.54) is 0 Å². The Hall–Kier alpha value is -0.520. The Morgan fingerprint density at radius 2 is 1.90 bits per heavy atom. The molecule has 0 amide bonds. The van der Waals surface area contributed by atoms with Crippen LogP contribution in [0.5, 0.6) is 11.6 Å². The maximum Gasteiger partial charge on any atom is 0.219 e. The van der Waals surface area contributed by atoms with Gasteiger partial charge >= 0.3 is 0 Å². The highest BCUT2D eigenvalue weighted by Crippen LogP contribution is 2.36. The summed E-state index contributed by atoms with van der Waals surface area (Å²) in [7, 11) is 1.82. The van der Waals surface area contributed by atoms with Gasteiger partial charge < -0.3 is 10.1 Å². The second kappa shape index (κ2) is 6.96. The summed E-state index contributed by atoms with van der Waals surface area (Å²) in [4.78, 5) is 4.32. The second-order valence-electron chi connectivity index (χ2n) is 3.91. The summed E-state index contributed by atoms with van der Waals surface area (Å²) in [5.41, 5.74) is 0.700. The Morgan fingerprint density at radius 3 is 2.60 bits per heavy atom. The highest BCUT2D eigenvalue weighted by atomic mass is 79.9. The fourth-order valence-electron chi connectivity index (χ4n) is 1.51. The average molecular weight is 396 g/mol. The van der Waals surface area contributed by atoms with Crippen molar-refractivity contribution < 1.29 is 4.74 Å². The lowest BCUT2D eigenvalue weighted by Gasteiger charge is -2.10. The highest BCUT2D eigenvalue weighted by Gasteiger charge is 2.10. The first-order chi connectivity index (χ1) is 9.51. The maximum absolute atomic E-state index is 6.10. The number of benzene rings is 1. The number of hydrogen-bond acceptors (Lipinski definition) is 3. The van der Waals surface area contributed by atoms with Crippen molar-refractivity contribution >= 4 is 50.7 Å². The minimum Gasteiger partial charge on any atom is -0.437 e. The van der Waals surface area contributed by atoms with Gasteiger partial charge in [0.15, 0.2) is 0 Å². The van der Waals surface area contributed by atoms with Gasteiger partial charge in [-0.25, -0.2) is 4.98 Å². The van der Waals surface area contributed by atoms with Crippen molar-refractivity contribution in [3.8, 4) is 11.6 Å². The van der Waals surface area contributed by atoms with Gasteiger partial charge in [-0.1, -0.05) is 34.8 Å². The van der Waals surface area contributed by atoms with Gasteiger partial charge in [0.1, 0.15) is 5.75 Å². The predicted molar refractivity (Wildman–Crippen MR) is 86.2 cm³/mol. The van der Waals surface area contributed by atoms with E-state index in [2.05, 4.69) is 26.2 Å². The van der Waals surface area contributed by atoms with Crippen LogP contribution in [-0.2, 0) is 6.54 Å². The molecule has 0 aliphatic carbocycles. The van der Waals surface area contributed by atoms with E-state index in [1.54, 1.807) is 24.3 Å². The van der Waals surface area contributed by atoms with Crippen molar-refractivity contribution in [1.29, 1.82) is 0 Å². The maximum atomic E-state index is 6.10. The molecule has 7 heteroatoms. The molecule has 1 aromatic heterocycles. The van der Waals surface area contributed by atoms with Crippen LogP contribution in [-0.4, -0.2) is 12.0 Å². The van der Waals surface area contributed by atoms with E-state index < -0.39 is 0 Å². The van der Waals surface area contributed by atoms with Gasteiger partial charge in [-0.2, -0.15) is 0 Å². The van der Waals surface area contributed by atoms with Crippen molar-refractivity contribution in [2.75, 3.05) is 7.05 Å². The molecule has 0 spiro atoms. The van der Waals surface area contributed by atoms with E-state index in [4.69, 9.17) is 39.5 Å². The zero-order valence-electron chi connectivity index (χ0n) is 10.4. The summed E-state index contributed by atoms with van der Waals surface area (Å²) >= 11 is 21.5. The lowest BCUT2D eigenvalue weighted by atomic mass is 10.3. The normalized spacial score (nSPS) is 10.7. The van der Waals surface area contributed by atoms with Crippen LogP contribution in [0.4, 0.5) is 0 Å². The monoisotopic (exact) mass is 394 g/mol. The third-order valence-corrected chi connectivity index (χ3v) is 4.26.